The number of hydrogen-bond acceptors (Lipinski definition) is 4. The van der Waals surface area contributed by atoms with Crippen LogP contribution < -0.4 is 10.6 Å². The summed E-state index contributed by atoms with van der Waals surface area (Å²) in [6.07, 6.45) is 3.15. The molecule has 1 atom stereocenters. The Morgan fingerprint density at radius 2 is 2.21 bits per heavy atom. The van der Waals surface area contributed by atoms with Crippen LogP contribution >= 0.6 is 0 Å². The summed E-state index contributed by atoms with van der Waals surface area (Å²) in [4.78, 5) is 14.4. The maximum absolute atomic E-state index is 12.2. The second-order valence-corrected chi connectivity index (χ2v) is 5.92. The van der Waals surface area contributed by atoms with Gasteiger partial charge in [0.1, 0.15) is 5.54 Å². The van der Waals surface area contributed by atoms with Crippen molar-refractivity contribution >= 4 is 5.91 Å². The number of amides is 1. The SMILES string of the molecule is CCCN(CC(=O)NC(C)(C#N)C1CC1)C1CNC1. The highest BCUT2D eigenvalue weighted by molar-refractivity contribution is 5.79. The third kappa shape index (κ3) is 3.46. The van der Waals surface area contributed by atoms with Crippen molar-refractivity contribution in [3.63, 3.8) is 0 Å². The molecule has 1 aliphatic heterocycles. The Labute approximate surface area is 115 Å². The van der Waals surface area contributed by atoms with Crippen LogP contribution in [0.3, 0.4) is 0 Å². The van der Waals surface area contributed by atoms with Gasteiger partial charge in [-0.1, -0.05) is 6.92 Å². The molecule has 2 aliphatic rings. The maximum Gasteiger partial charge on any atom is 0.235 e. The molecule has 0 aromatic rings. The molecule has 0 bridgehead atoms. The summed E-state index contributed by atoms with van der Waals surface area (Å²) in [5.74, 6) is 0.322. The second-order valence-electron chi connectivity index (χ2n) is 5.92. The minimum atomic E-state index is -0.674. The van der Waals surface area contributed by atoms with Gasteiger partial charge in [-0.2, -0.15) is 5.26 Å². The second kappa shape index (κ2) is 5.89. The van der Waals surface area contributed by atoms with Crippen LogP contribution in [-0.4, -0.2) is 48.6 Å². The molecular formula is C14H24N4O. The van der Waals surface area contributed by atoms with Crippen molar-refractivity contribution in [2.75, 3.05) is 26.2 Å². The number of nitriles is 1. The molecule has 2 N–H and O–H groups in total. The van der Waals surface area contributed by atoms with Crippen LogP contribution in [0, 0.1) is 17.2 Å². The monoisotopic (exact) mass is 264 g/mol. The molecule has 5 heteroatoms. The van der Waals surface area contributed by atoms with E-state index in [-0.39, 0.29) is 5.91 Å². The van der Waals surface area contributed by atoms with Crippen molar-refractivity contribution in [3.05, 3.63) is 0 Å². The third-order valence-corrected chi connectivity index (χ3v) is 4.16. The van der Waals surface area contributed by atoms with E-state index in [1.165, 1.54) is 0 Å². The predicted molar refractivity (Wildman–Crippen MR) is 73.4 cm³/mol. The van der Waals surface area contributed by atoms with Crippen molar-refractivity contribution in [1.29, 1.82) is 5.26 Å². The molecule has 19 heavy (non-hydrogen) atoms. The van der Waals surface area contributed by atoms with Gasteiger partial charge in [0.2, 0.25) is 5.91 Å². The number of carbonyl (C=O) groups is 1. The highest BCUT2D eigenvalue weighted by Crippen LogP contribution is 2.39. The number of carbonyl (C=O) groups excluding carboxylic acids is 1. The van der Waals surface area contributed by atoms with E-state index < -0.39 is 5.54 Å². The van der Waals surface area contributed by atoms with Gasteiger partial charge in [0.15, 0.2) is 0 Å². The lowest BCUT2D eigenvalue weighted by Crippen LogP contribution is -2.60. The molecule has 106 valence electrons. The van der Waals surface area contributed by atoms with E-state index in [0.717, 1.165) is 38.9 Å². The molecule has 1 heterocycles. The summed E-state index contributed by atoms with van der Waals surface area (Å²) in [6.45, 7) is 7.24. The molecule has 0 radical (unpaired) electrons. The fourth-order valence-electron chi connectivity index (χ4n) is 2.61. The lowest BCUT2D eigenvalue weighted by molar-refractivity contribution is -0.124. The fraction of sp³-hybridized carbons (Fsp3) is 0.857. The Morgan fingerprint density at radius 1 is 1.53 bits per heavy atom. The van der Waals surface area contributed by atoms with Crippen LogP contribution in [0.5, 0.6) is 0 Å². The summed E-state index contributed by atoms with van der Waals surface area (Å²) in [7, 11) is 0. The molecule has 1 saturated heterocycles. The molecule has 0 aromatic heterocycles. The molecule has 1 saturated carbocycles. The molecule has 2 rings (SSSR count). The Bertz CT molecular complexity index is 370. The molecule has 1 unspecified atom stereocenters. The van der Waals surface area contributed by atoms with Crippen LogP contribution in [0.1, 0.15) is 33.1 Å². The Balaban J connectivity index is 1.86. The van der Waals surface area contributed by atoms with Crippen LogP contribution in [0.4, 0.5) is 0 Å². The topological polar surface area (TPSA) is 68.2 Å². The van der Waals surface area contributed by atoms with Crippen molar-refractivity contribution in [3.8, 4) is 6.07 Å². The van der Waals surface area contributed by atoms with Gasteiger partial charge in [-0.15, -0.1) is 0 Å². The lowest BCUT2D eigenvalue weighted by Gasteiger charge is -2.38. The molecule has 0 aromatic carbocycles. The van der Waals surface area contributed by atoms with E-state index in [1.54, 1.807) is 0 Å². The lowest BCUT2D eigenvalue weighted by atomic mass is 9.98. The van der Waals surface area contributed by atoms with Gasteiger partial charge < -0.3 is 10.6 Å². The first kappa shape index (κ1) is 14.3. The maximum atomic E-state index is 12.2. The average molecular weight is 264 g/mol. The van der Waals surface area contributed by atoms with Gasteiger partial charge in [-0.3, -0.25) is 9.69 Å². The Kier molecular flexibility index (Phi) is 4.43. The molecule has 1 aliphatic carbocycles. The molecule has 5 nitrogen and oxygen atoms in total. The zero-order valence-corrected chi connectivity index (χ0v) is 11.9. The number of rotatable bonds is 7. The van der Waals surface area contributed by atoms with Crippen molar-refractivity contribution in [2.45, 2.75) is 44.7 Å². The van der Waals surface area contributed by atoms with Gasteiger partial charge in [-0.25, -0.2) is 0 Å². The predicted octanol–water partition coefficient (Wildman–Crippen LogP) is 0.479. The first-order valence-electron chi connectivity index (χ1n) is 7.26. The Hall–Kier alpha value is -1.12. The Morgan fingerprint density at radius 3 is 2.63 bits per heavy atom. The normalized spacial score (nSPS) is 22.4. The highest BCUT2D eigenvalue weighted by Gasteiger charge is 2.43. The molecule has 2 fully saturated rings. The van der Waals surface area contributed by atoms with Gasteiger partial charge in [0.05, 0.1) is 12.6 Å². The quantitative estimate of drug-likeness (QED) is 0.702. The molecule has 1 amide bonds. The van der Waals surface area contributed by atoms with Crippen LogP contribution in [-0.2, 0) is 4.79 Å². The number of nitrogens with zero attached hydrogens (tertiary/aromatic N) is 2. The summed E-state index contributed by atoms with van der Waals surface area (Å²) < 4.78 is 0. The van der Waals surface area contributed by atoms with E-state index in [1.807, 2.05) is 6.92 Å². The summed E-state index contributed by atoms with van der Waals surface area (Å²) >= 11 is 0. The number of hydrogen-bond donors (Lipinski definition) is 2. The zero-order chi connectivity index (χ0) is 13.9. The van der Waals surface area contributed by atoms with Gasteiger partial charge in [-0.05, 0) is 38.6 Å². The third-order valence-electron chi connectivity index (χ3n) is 4.16. The summed E-state index contributed by atoms with van der Waals surface area (Å²) in [6, 6.07) is 2.74. The van der Waals surface area contributed by atoms with Crippen molar-refractivity contribution in [2.24, 2.45) is 5.92 Å². The average Bonchev–Trinajstić information content (AvgIpc) is 3.10. The van der Waals surface area contributed by atoms with Gasteiger partial charge in [0, 0.05) is 19.1 Å². The van der Waals surface area contributed by atoms with E-state index >= 15 is 0 Å². The van der Waals surface area contributed by atoms with Crippen molar-refractivity contribution in [1.82, 2.24) is 15.5 Å². The number of nitrogens with one attached hydrogen (secondary N) is 2. The van der Waals surface area contributed by atoms with E-state index in [2.05, 4.69) is 28.5 Å². The first-order valence-corrected chi connectivity index (χ1v) is 7.26. The highest BCUT2D eigenvalue weighted by atomic mass is 16.2. The van der Waals surface area contributed by atoms with Crippen molar-refractivity contribution < 1.29 is 4.79 Å². The van der Waals surface area contributed by atoms with Gasteiger partial charge >= 0.3 is 0 Å². The largest absolute Gasteiger partial charge is 0.337 e. The standard InChI is InChI=1S/C14H24N4O/c1-3-6-18(12-7-16-8-12)9-13(19)17-14(2,10-15)11-4-5-11/h11-12,16H,3-9H2,1-2H3,(H,17,19). The van der Waals surface area contributed by atoms with E-state index in [9.17, 15) is 10.1 Å². The van der Waals surface area contributed by atoms with Crippen LogP contribution in [0.2, 0.25) is 0 Å². The van der Waals surface area contributed by atoms with Gasteiger partial charge in [0.25, 0.3) is 0 Å². The zero-order valence-electron chi connectivity index (χ0n) is 11.9. The summed E-state index contributed by atoms with van der Waals surface area (Å²) in [5, 5.41) is 15.4. The van der Waals surface area contributed by atoms with Crippen LogP contribution in [0.25, 0.3) is 0 Å². The smallest absolute Gasteiger partial charge is 0.235 e. The molecular weight excluding hydrogens is 240 g/mol. The molecule has 0 spiro atoms. The minimum Gasteiger partial charge on any atom is -0.337 e. The van der Waals surface area contributed by atoms with E-state index in [4.69, 9.17) is 0 Å². The fourth-order valence-corrected chi connectivity index (χ4v) is 2.61. The first-order chi connectivity index (χ1) is 9.09. The van der Waals surface area contributed by atoms with Crippen LogP contribution in [0.15, 0.2) is 0 Å². The summed E-state index contributed by atoms with van der Waals surface area (Å²) in [5.41, 5.74) is -0.674. The van der Waals surface area contributed by atoms with E-state index in [0.29, 0.717) is 18.5 Å². The minimum absolute atomic E-state index is 0.0173.